The maximum Gasteiger partial charge on any atom is 0.457 e. The highest BCUT2D eigenvalue weighted by Gasteiger charge is 2.81. The average molecular weight is 804 g/mol. The van der Waals surface area contributed by atoms with Gasteiger partial charge in [-0.05, 0) is 99.8 Å². The van der Waals surface area contributed by atoms with Gasteiger partial charge in [-0.1, -0.05) is 6.07 Å². The number of alkyl halides is 9. The molecule has 40 heavy (non-hydrogen) atoms. The molecule has 3 aromatic rings. The largest absolute Gasteiger partial charge is 0.457 e. The van der Waals surface area contributed by atoms with Crippen molar-refractivity contribution in [1.82, 2.24) is 0 Å². The molecule has 0 saturated heterocycles. The van der Waals surface area contributed by atoms with Crippen molar-refractivity contribution in [1.29, 1.82) is 0 Å². The molecule has 0 spiro atoms. The summed E-state index contributed by atoms with van der Waals surface area (Å²) >= 11 is 2.50. The van der Waals surface area contributed by atoms with Crippen molar-refractivity contribution in [2.45, 2.75) is 23.9 Å². The molecule has 3 rings (SSSR count). The Labute approximate surface area is 245 Å². The molecule has 1 unspecified atom stereocenters. The van der Waals surface area contributed by atoms with E-state index in [1.807, 2.05) is 0 Å². The average Bonchev–Trinajstić information content (AvgIpc) is 2.84. The van der Waals surface area contributed by atoms with E-state index in [2.05, 4.69) is 10.6 Å². The molecule has 0 aliphatic heterocycles. The monoisotopic (exact) mass is 804 g/mol. The Hall–Kier alpha value is -2.64. The second-order valence-electron chi connectivity index (χ2n) is 8.04. The van der Waals surface area contributed by atoms with Gasteiger partial charge in [0.1, 0.15) is 5.82 Å². The second-order valence-corrected chi connectivity index (χ2v) is 10.4. The molecule has 0 heterocycles. The van der Waals surface area contributed by atoms with E-state index in [0.717, 1.165) is 12.1 Å². The molecule has 1 atom stereocenters. The summed E-state index contributed by atoms with van der Waals surface area (Å²) in [7, 11) is 0. The fraction of sp³-hybridized carbons (Fsp3) is 0.167. The Morgan fingerprint density at radius 1 is 0.650 bits per heavy atom. The summed E-state index contributed by atoms with van der Waals surface area (Å²) in [5.74, 6) is -8.97. The van der Waals surface area contributed by atoms with E-state index in [1.54, 1.807) is 0 Å². The Morgan fingerprint density at radius 2 is 1.18 bits per heavy atom. The summed E-state index contributed by atoms with van der Waals surface area (Å²) in [4.78, 5) is 25.1. The number of halogens is 12. The molecule has 4 nitrogen and oxygen atoms in total. The number of anilines is 2. The van der Waals surface area contributed by atoms with E-state index < -0.39 is 54.3 Å². The lowest BCUT2D eigenvalue weighted by Gasteiger charge is -2.36. The predicted octanol–water partition coefficient (Wildman–Crippen LogP) is 8.46. The minimum Gasteiger partial charge on any atom is -0.322 e. The van der Waals surface area contributed by atoms with Crippen LogP contribution < -0.4 is 10.6 Å². The third-order valence-electron chi connectivity index (χ3n) is 5.35. The maximum absolute atomic E-state index is 14.9. The molecule has 0 aliphatic carbocycles. The normalized spacial score (nSPS) is 13.9. The van der Waals surface area contributed by atoms with Crippen molar-refractivity contribution in [3.05, 3.63) is 90.3 Å². The van der Waals surface area contributed by atoms with Gasteiger partial charge < -0.3 is 10.6 Å². The van der Waals surface area contributed by atoms with Gasteiger partial charge in [0.15, 0.2) is 0 Å². The minimum atomic E-state index is -6.88. The highest BCUT2D eigenvalue weighted by molar-refractivity contribution is 14.1. The van der Waals surface area contributed by atoms with Crippen LogP contribution in [0, 0.1) is 13.0 Å². The first-order valence-corrected chi connectivity index (χ1v) is 12.6. The van der Waals surface area contributed by atoms with Gasteiger partial charge in [0.05, 0.1) is 5.69 Å². The van der Waals surface area contributed by atoms with Crippen molar-refractivity contribution in [3.8, 4) is 0 Å². The van der Waals surface area contributed by atoms with Crippen LogP contribution in [-0.2, 0) is 5.67 Å². The van der Waals surface area contributed by atoms with Gasteiger partial charge in [-0.2, -0.15) is 35.1 Å². The van der Waals surface area contributed by atoms with Crippen molar-refractivity contribution >= 4 is 68.4 Å². The zero-order valence-electron chi connectivity index (χ0n) is 19.1. The molecule has 0 aliphatic rings. The Kier molecular flexibility index (Phi) is 9.03. The van der Waals surface area contributed by atoms with Crippen LogP contribution in [0.15, 0.2) is 60.7 Å². The van der Waals surface area contributed by atoms with Crippen molar-refractivity contribution in [2.75, 3.05) is 10.6 Å². The molecule has 3 aromatic carbocycles. The van der Waals surface area contributed by atoms with Gasteiger partial charge in [-0.3, -0.25) is 9.59 Å². The zero-order chi connectivity index (χ0) is 30.3. The third-order valence-corrected chi connectivity index (χ3v) is 7.05. The van der Waals surface area contributed by atoms with E-state index in [0.29, 0.717) is 0 Å². The van der Waals surface area contributed by atoms with Gasteiger partial charge in [0.25, 0.3) is 11.8 Å². The number of rotatable bonds is 6. The first-order valence-electron chi connectivity index (χ1n) is 10.5. The Bertz CT molecular complexity index is 1420. The number of hydrogen-bond acceptors (Lipinski definition) is 2. The lowest BCUT2D eigenvalue weighted by molar-refractivity contribution is -0.389. The highest BCUT2D eigenvalue weighted by Crippen LogP contribution is 2.58. The molecule has 0 fully saturated rings. The first-order chi connectivity index (χ1) is 18.3. The zero-order valence-corrected chi connectivity index (χ0v) is 23.4. The van der Waals surface area contributed by atoms with Gasteiger partial charge >= 0.3 is 23.9 Å². The van der Waals surface area contributed by atoms with E-state index in [1.165, 1.54) is 81.6 Å². The SMILES string of the molecule is O=C(Nc1cccc(C(=O)Nc2c(I)cc(C(F)(C(F)(F)F)C(F)(F)C(F)(F)F)cc2I)c1)c1ccc(F)cc1. The molecular weight excluding hydrogens is 792 g/mol. The summed E-state index contributed by atoms with van der Waals surface area (Å²) in [6.45, 7) is 0. The Morgan fingerprint density at radius 3 is 1.68 bits per heavy atom. The van der Waals surface area contributed by atoms with Crippen molar-refractivity contribution in [2.24, 2.45) is 0 Å². The molecule has 0 aromatic heterocycles. The van der Waals surface area contributed by atoms with Crippen LogP contribution in [0.4, 0.5) is 55.3 Å². The molecule has 0 saturated carbocycles. The number of hydrogen-bond donors (Lipinski definition) is 2. The van der Waals surface area contributed by atoms with Crippen LogP contribution in [0.25, 0.3) is 0 Å². The van der Waals surface area contributed by atoms with Crippen LogP contribution in [0.5, 0.6) is 0 Å². The van der Waals surface area contributed by atoms with Crippen LogP contribution in [0.1, 0.15) is 26.3 Å². The summed E-state index contributed by atoms with van der Waals surface area (Å²) in [5.41, 5.74) is -8.33. The minimum absolute atomic E-state index is 0.0966. The fourth-order valence-corrected chi connectivity index (χ4v) is 5.38. The maximum atomic E-state index is 14.9. The van der Waals surface area contributed by atoms with Gasteiger partial charge in [0, 0.05) is 29.5 Å². The lowest BCUT2D eigenvalue weighted by atomic mass is 9.87. The summed E-state index contributed by atoms with van der Waals surface area (Å²) in [5, 5.41) is 4.75. The second kappa shape index (κ2) is 11.3. The van der Waals surface area contributed by atoms with Gasteiger partial charge in [0.2, 0.25) is 0 Å². The number of carbonyl (C=O) groups excluding carboxylic acids is 2. The van der Waals surface area contributed by atoms with Crippen LogP contribution in [-0.4, -0.2) is 30.1 Å². The number of nitrogens with one attached hydrogen (secondary N) is 2. The van der Waals surface area contributed by atoms with Gasteiger partial charge in [-0.25, -0.2) is 8.78 Å². The quantitative estimate of drug-likeness (QED) is 0.194. The molecule has 0 bridgehead atoms. The number of amides is 2. The van der Waals surface area contributed by atoms with Crippen LogP contribution in [0.3, 0.4) is 0 Å². The smallest absolute Gasteiger partial charge is 0.322 e. The van der Waals surface area contributed by atoms with Crippen molar-refractivity contribution < 1.29 is 53.5 Å². The summed E-state index contributed by atoms with van der Waals surface area (Å²) in [6, 6.07) is 10.0. The van der Waals surface area contributed by atoms with Crippen LogP contribution >= 0.6 is 45.2 Å². The lowest BCUT2D eigenvalue weighted by Crippen LogP contribution is -2.59. The third kappa shape index (κ3) is 6.15. The van der Waals surface area contributed by atoms with Crippen molar-refractivity contribution in [3.63, 3.8) is 0 Å². The van der Waals surface area contributed by atoms with E-state index in [-0.39, 0.29) is 34.6 Å². The highest BCUT2D eigenvalue weighted by atomic mass is 127. The topological polar surface area (TPSA) is 58.2 Å². The number of carbonyl (C=O) groups is 2. The van der Waals surface area contributed by atoms with E-state index >= 15 is 0 Å². The molecule has 2 N–H and O–H groups in total. The van der Waals surface area contributed by atoms with Gasteiger partial charge in [-0.15, -0.1) is 0 Å². The molecular formula is C24H12F10I2N2O2. The summed E-state index contributed by atoms with van der Waals surface area (Å²) in [6.07, 6.45) is -13.5. The molecule has 16 heteroatoms. The number of benzene rings is 3. The van der Waals surface area contributed by atoms with Crippen LogP contribution in [0.2, 0.25) is 0 Å². The molecule has 2 amide bonds. The standard InChI is InChI=1S/C24H12F10I2N2O2/c25-14-6-4-11(5-7-14)19(39)37-15-3-1-2-12(8-15)20(40)38-18-16(35)9-13(10-17(18)36)21(26,23(29,30)31)22(27,28)24(32,33)34/h1-10H,(H,37,39)(H,38,40). The van der Waals surface area contributed by atoms with E-state index in [9.17, 15) is 53.5 Å². The molecule has 214 valence electrons. The predicted molar refractivity (Wildman–Crippen MR) is 140 cm³/mol. The Balaban J connectivity index is 1.91. The first kappa shape index (κ1) is 31.9. The summed E-state index contributed by atoms with van der Waals surface area (Å²) < 4.78 is 133. The fourth-order valence-electron chi connectivity index (χ4n) is 3.34. The van der Waals surface area contributed by atoms with E-state index in [4.69, 9.17) is 0 Å². The molecule has 0 radical (unpaired) electrons.